The molecule has 0 saturated heterocycles. The van der Waals surface area contributed by atoms with Gasteiger partial charge in [0.15, 0.2) is 0 Å². The summed E-state index contributed by atoms with van der Waals surface area (Å²) in [6, 6.07) is 0. The zero-order chi connectivity index (χ0) is 10.3. The van der Waals surface area contributed by atoms with Crippen LogP contribution in [0.5, 0.6) is 0 Å². The molecular formula is C8H18NaO4Si. The fourth-order valence-electron chi connectivity index (χ4n) is 0.746. The molecule has 0 spiro atoms. The first-order chi connectivity index (χ1) is 6.08. The molecule has 0 aliphatic carbocycles. The molecule has 0 atom stereocenters. The number of hydrogen-bond acceptors (Lipinski definition) is 4. The smallest absolute Gasteiger partial charge is 0.473 e. The minimum absolute atomic E-state index is 0. The summed E-state index contributed by atoms with van der Waals surface area (Å²) in [5.74, 6) is -0.236. The Morgan fingerprint density at radius 2 is 1.79 bits per heavy atom. The first-order valence-corrected chi connectivity index (χ1v) is 6.62. The van der Waals surface area contributed by atoms with Gasteiger partial charge in [0.2, 0.25) is 0 Å². The van der Waals surface area contributed by atoms with Crippen LogP contribution < -0.4 is 0 Å². The van der Waals surface area contributed by atoms with Crippen molar-refractivity contribution in [2.24, 2.45) is 0 Å². The number of carbonyl (C=O) groups is 1. The van der Waals surface area contributed by atoms with Crippen LogP contribution in [0.3, 0.4) is 0 Å². The van der Waals surface area contributed by atoms with Crippen LogP contribution in [-0.2, 0) is 18.1 Å². The topological polar surface area (TPSA) is 44.8 Å². The molecule has 0 aliphatic heterocycles. The third-order valence-electron chi connectivity index (χ3n) is 1.78. The first-order valence-electron chi connectivity index (χ1n) is 4.40. The van der Waals surface area contributed by atoms with E-state index in [2.05, 4.69) is 0 Å². The summed E-state index contributed by atoms with van der Waals surface area (Å²) < 4.78 is 15.1. The van der Waals surface area contributed by atoms with Crippen LogP contribution in [-0.4, -0.2) is 58.6 Å². The van der Waals surface area contributed by atoms with E-state index < -0.39 is 8.80 Å². The van der Waals surface area contributed by atoms with E-state index in [4.69, 9.17) is 13.3 Å². The maximum absolute atomic E-state index is 11.2. The first kappa shape index (κ1) is 17.0. The average Bonchev–Trinajstić information content (AvgIpc) is 2.14. The molecule has 0 aromatic heterocycles. The van der Waals surface area contributed by atoms with Gasteiger partial charge in [-0.2, -0.15) is 0 Å². The minimum atomic E-state index is -2.66. The number of rotatable bonds is 6. The summed E-state index contributed by atoms with van der Waals surface area (Å²) in [5.41, 5.74) is 0. The standard InChI is InChI=1S/C8H18O4Si.Na/c1-5-6-7-8(9)12-13(4,10-2)11-3;/h5-7H2,1-4H3;. The molecule has 14 heavy (non-hydrogen) atoms. The second-order valence-electron chi connectivity index (χ2n) is 2.85. The van der Waals surface area contributed by atoms with Gasteiger partial charge >= 0.3 is 8.80 Å². The van der Waals surface area contributed by atoms with E-state index in [-0.39, 0.29) is 35.5 Å². The average molecular weight is 229 g/mol. The van der Waals surface area contributed by atoms with Crippen molar-refractivity contribution >= 4 is 44.3 Å². The molecule has 0 heterocycles. The second-order valence-corrected chi connectivity index (χ2v) is 5.59. The van der Waals surface area contributed by atoms with E-state index >= 15 is 0 Å². The van der Waals surface area contributed by atoms with Crippen LogP contribution in [0.2, 0.25) is 6.55 Å². The molecule has 6 heteroatoms. The van der Waals surface area contributed by atoms with E-state index in [0.717, 1.165) is 12.8 Å². The van der Waals surface area contributed by atoms with Gasteiger partial charge in [-0.05, 0) is 6.42 Å². The largest absolute Gasteiger partial charge is 0.564 e. The van der Waals surface area contributed by atoms with Crippen LogP contribution in [0, 0.1) is 0 Å². The summed E-state index contributed by atoms with van der Waals surface area (Å²) >= 11 is 0. The zero-order valence-electron chi connectivity index (χ0n) is 9.75. The fraction of sp³-hybridized carbons (Fsp3) is 0.875. The van der Waals surface area contributed by atoms with E-state index in [1.165, 1.54) is 14.2 Å². The van der Waals surface area contributed by atoms with E-state index in [0.29, 0.717) is 6.42 Å². The molecule has 0 bridgehead atoms. The molecule has 4 nitrogen and oxygen atoms in total. The van der Waals surface area contributed by atoms with Gasteiger partial charge in [0, 0.05) is 56.7 Å². The second kappa shape index (κ2) is 8.88. The van der Waals surface area contributed by atoms with Crippen LogP contribution in [0.1, 0.15) is 26.2 Å². The van der Waals surface area contributed by atoms with Crippen molar-refractivity contribution in [3.8, 4) is 0 Å². The predicted molar refractivity (Wildman–Crippen MR) is 57.0 cm³/mol. The van der Waals surface area contributed by atoms with E-state index in [9.17, 15) is 4.79 Å². The molecule has 0 fully saturated rings. The molecule has 79 valence electrons. The Bertz CT molecular complexity index is 161. The van der Waals surface area contributed by atoms with E-state index in [1.807, 2.05) is 6.92 Å². The predicted octanol–water partition coefficient (Wildman–Crippen LogP) is 1.20. The maximum Gasteiger partial charge on any atom is 0.564 e. The van der Waals surface area contributed by atoms with Crippen molar-refractivity contribution in [3.05, 3.63) is 0 Å². The Hall–Kier alpha value is 0.607. The summed E-state index contributed by atoms with van der Waals surface area (Å²) in [5, 5.41) is 0. The number of carbonyl (C=O) groups excluding carboxylic acids is 1. The van der Waals surface area contributed by atoms with E-state index in [1.54, 1.807) is 6.55 Å². The number of unbranched alkanes of at least 4 members (excludes halogenated alkanes) is 1. The molecule has 0 unspecified atom stereocenters. The normalized spacial score (nSPS) is 10.6. The molecule has 0 aromatic rings. The summed E-state index contributed by atoms with van der Waals surface area (Å²) in [6.45, 7) is 3.72. The Morgan fingerprint density at radius 1 is 1.29 bits per heavy atom. The van der Waals surface area contributed by atoms with Gasteiger partial charge in [-0.1, -0.05) is 13.3 Å². The van der Waals surface area contributed by atoms with Crippen molar-refractivity contribution in [2.75, 3.05) is 14.2 Å². The molecule has 0 aliphatic rings. The monoisotopic (exact) mass is 229 g/mol. The summed E-state index contributed by atoms with van der Waals surface area (Å²) in [4.78, 5) is 11.2. The zero-order valence-corrected chi connectivity index (χ0v) is 12.8. The van der Waals surface area contributed by atoms with Crippen LogP contribution in [0.25, 0.3) is 0 Å². The Kier molecular flexibility index (Phi) is 10.8. The van der Waals surface area contributed by atoms with Crippen molar-refractivity contribution < 1.29 is 18.1 Å². The molecule has 0 aromatic carbocycles. The third kappa shape index (κ3) is 6.97. The SMILES string of the molecule is CCCCC(=O)O[Si](C)(OC)OC.[Na]. The maximum atomic E-state index is 11.2. The van der Waals surface area contributed by atoms with Gasteiger partial charge in [-0.3, -0.25) is 4.79 Å². The van der Waals surface area contributed by atoms with Gasteiger partial charge < -0.3 is 13.3 Å². The molecular weight excluding hydrogens is 211 g/mol. The van der Waals surface area contributed by atoms with Crippen molar-refractivity contribution in [1.82, 2.24) is 0 Å². The number of hydrogen-bond donors (Lipinski definition) is 0. The quantitative estimate of drug-likeness (QED) is 0.642. The van der Waals surface area contributed by atoms with Crippen LogP contribution in [0.4, 0.5) is 0 Å². The Labute approximate surface area is 109 Å². The van der Waals surface area contributed by atoms with Gasteiger partial charge in [0.25, 0.3) is 5.97 Å². The molecule has 1 radical (unpaired) electrons. The van der Waals surface area contributed by atoms with Crippen molar-refractivity contribution in [3.63, 3.8) is 0 Å². The summed E-state index contributed by atoms with van der Waals surface area (Å²) in [7, 11) is 0.318. The van der Waals surface area contributed by atoms with Gasteiger partial charge in [-0.25, -0.2) is 0 Å². The minimum Gasteiger partial charge on any atom is -0.473 e. The molecule has 0 amide bonds. The van der Waals surface area contributed by atoms with Gasteiger partial charge in [-0.15, -0.1) is 0 Å². The van der Waals surface area contributed by atoms with Crippen LogP contribution >= 0.6 is 0 Å². The van der Waals surface area contributed by atoms with Crippen molar-refractivity contribution in [1.29, 1.82) is 0 Å². The third-order valence-corrected chi connectivity index (χ3v) is 3.86. The Balaban J connectivity index is 0. The van der Waals surface area contributed by atoms with Gasteiger partial charge in [0.05, 0.1) is 0 Å². The molecule has 0 rings (SSSR count). The van der Waals surface area contributed by atoms with Gasteiger partial charge in [0.1, 0.15) is 0 Å². The van der Waals surface area contributed by atoms with Crippen LogP contribution in [0.15, 0.2) is 0 Å². The molecule has 0 saturated carbocycles. The summed E-state index contributed by atoms with van der Waals surface area (Å²) in [6.07, 6.45) is 2.26. The van der Waals surface area contributed by atoms with Crippen molar-refractivity contribution in [2.45, 2.75) is 32.7 Å². The fourth-order valence-corrected chi connectivity index (χ4v) is 1.59. The Morgan fingerprint density at radius 3 is 2.14 bits per heavy atom. The molecule has 0 N–H and O–H groups in total.